The van der Waals surface area contributed by atoms with Gasteiger partial charge in [-0.05, 0) is 19.1 Å². The van der Waals surface area contributed by atoms with Crippen LogP contribution in [0.1, 0.15) is 11.5 Å². The summed E-state index contributed by atoms with van der Waals surface area (Å²) in [5.41, 5.74) is 7.60. The minimum atomic E-state index is -0.313. The Morgan fingerprint density at radius 3 is 2.86 bits per heavy atom. The van der Waals surface area contributed by atoms with Gasteiger partial charge in [-0.1, -0.05) is 17.3 Å². The molecule has 0 unspecified atom stereocenters. The first kappa shape index (κ1) is 14.0. The first-order valence-corrected chi connectivity index (χ1v) is 6.67. The molecule has 22 heavy (non-hydrogen) atoms. The van der Waals surface area contributed by atoms with Crippen molar-refractivity contribution in [1.29, 1.82) is 0 Å². The van der Waals surface area contributed by atoms with E-state index in [1.165, 1.54) is 12.1 Å². The van der Waals surface area contributed by atoms with Gasteiger partial charge in [0.15, 0.2) is 5.76 Å². The summed E-state index contributed by atoms with van der Waals surface area (Å²) in [5, 5.41) is 7.02. The highest BCUT2D eigenvalue weighted by Gasteiger charge is 2.08. The highest BCUT2D eigenvalue weighted by Crippen LogP contribution is 2.20. The molecule has 0 saturated carbocycles. The maximum Gasteiger partial charge on any atom is 0.222 e. The van der Waals surface area contributed by atoms with E-state index in [9.17, 15) is 4.39 Å². The van der Waals surface area contributed by atoms with Crippen molar-refractivity contribution in [3.05, 3.63) is 53.7 Å². The second-order valence-corrected chi connectivity index (χ2v) is 4.80. The normalized spacial score (nSPS) is 10.6. The second-order valence-electron chi connectivity index (χ2n) is 4.80. The molecule has 3 rings (SSSR count). The Bertz CT molecular complexity index is 782. The average Bonchev–Trinajstić information content (AvgIpc) is 2.93. The number of aryl methyl sites for hydroxylation is 1. The van der Waals surface area contributed by atoms with Gasteiger partial charge in [-0.15, -0.1) is 0 Å². The Balaban J connectivity index is 1.72. The molecule has 3 N–H and O–H groups in total. The van der Waals surface area contributed by atoms with Crippen LogP contribution in [0.15, 0.2) is 40.9 Å². The Labute approximate surface area is 126 Å². The summed E-state index contributed by atoms with van der Waals surface area (Å²) in [5.74, 6) is 1.11. The summed E-state index contributed by atoms with van der Waals surface area (Å²) < 4.78 is 18.4. The summed E-state index contributed by atoms with van der Waals surface area (Å²) in [6, 6.07) is 9.72. The van der Waals surface area contributed by atoms with Gasteiger partial charge in [0.2, 0.25) is 5.95 Å². The van der Waals surface area contributed by atoms with E-state index >= 15 is 0 Å². The van der Waals surface area contributed by atoms with Gasteiger partial charge in [-0.25, -0.2) is 9.37 Å². The smallest absolute Gasteiger partial charge is 0.222 e. The van der Waals surface area contributed by atoms with Crippen molar-refractivity contribution in [3.8, 4) is 11.3 Å². The zero-order valence-corrected chi connectivity index (χ0v) is 11.9. The molecule has 1 aromatic carbocycles. The number of nitrogens with two attached hydrogens (primary N) is 1. The fourth-order valence-corrected chi connectivity index (χ4v) is 2.04. The predicted octanol–water partition coefficient (Wildman–Crippen LogP) is 2.77. The van der Waals surface area contributed by atoms with Crippen molar-refractivity contribution >= 4 is 11.8 Å². The lowest BCUT2D eigenvalue weighted by molar-refractivity contribution is 0.390. The van der Waals surface area contributed by atoms with Crippen molar-refractivity contribution in [2.24, 2.45) is 0 Å². The molecule has 0 amide bonds. The number of benzene rings is 1. The second kappa shape index (κ2) is 5.80. The van der Waals surface area contributed by atoms with Crippen molar-refractivity contribution < 1.29 is 8.91 Å². The van der Waals surface area contributed by atoms with Crippen molar-refractivity contribution in [1.82, 2.24) is 15.1 Å². The Morgan fingerprint density at radius 1 is 1.23 bits per heavy atom. The van der Waals surface area contributed by atoms with Gasteiger partial charge >= 0.3 is 0 Å². The van der Waals surface area contributed by atoms with E-state index in [0.717, 1.165) is 5.69 Å². The zero-order valence-electron chi connectivity index (χ0n) is 11.9. The molecule has 0 fully saturated rings. The number of nitrogens with zero attached hydrogens (tertiary/aromatic N) is 3. The third-order valence-electron chi connectivity index (χ3n) is 2.99. The van der Waals surface area contributed by atoms with E-state index in [-0.39, 0.29) is 11.8 Å². The molecule has 0 aliphatic rings. The molecule has 0 saturated heterocycles. The number of nitrogen functional groups attached to an aromatic ring is 1. The van der Waals surface area contributed by atoms with E-state index in [0.29, 0.717) is 29.4 Å². The van der Waals surface area contributed by atoms with E-state index < -0.39 is 0 Å². The molecule has 7 heteroatoms. The van der Waals surface area contributed by atoms with Gasteiger partial charge in [0.05, 0.1) is 6.54 Å². The van der Waals surface area contributed by atoms with Crippen LogP contribution in [-0.4, -0.2) is 15.1 Å². The van der Waals surface area contributed by atoms with Gasteiger partial charge in [-0.2, -0.15) is 4.98 Å². The van der Waals surface area contributed by atoms with Gasteiger partial charge in [0, 0.05) is 23.4 Å². The van der Waals surface area contributed by atoms with E-state index in [4.69, 9.17) is 10.3 Å². The number of anilines is 2. The molecular formula is C15H14FN5O. The molecule has 0 aliphatic heterocycles. The summed E-state index contributed by atoms with van der Waals surface area (Å²) in [6.07, 6.45) is 0. The topological polar surface area (TPSA) is 89.9 Å². The lowest BCUT2D eigenvalue weighted by Crippen LogP contribution is -2.04. The van der Waals surface area contributed by atoms with Gasteiger partial charge in [0.1, 0.15) is 17.3 Å². The maximum absolute atomic E-state index is 13.2. The molecule has 0 atom stereocenters. The predicted molar refractivity (Wildman–Crippen MR) is 80.4 cm³/mol. The highest BCUT2D eigenvalue weighted by atomic mass is 19.1. The van der Waals surface area contributed by atoms with E-state index in [1.807, 2.05) is 6.92 Å². The molecule has 0 radical (unpaired) electrons. The van der Waals surface area contributed by atoms with Crippen LogP contribution in [0, 0.1) is 12.7 Å². The molecule has 0 bridgehead atoms. The lowest BCUT2D eigenvalue weighted by Gasteiger charge is -2.04. The van der Waals surface area contributed by atoms with Gasteiger partial charge < -0.3 is 15.6 Å². The fraction of sp³-hybridized carbons (Fsp3) is 0.133. The number of nitrogens with one attached hydrogen (secondary N) is 1. The summed E-state index contributed by atoms with van der Waals surface area (Å²) in [4.78, 5) is 8.07. The highest BCUT2D eigenvalue weighted by molar-refractivity contribution is 5.58. The van der Waals surface area contributed by atoms with Crippen LogP contribution >= 0.6 is 0 Å². The first-order chi connectivity index (χ1) is 10.6. The third-order valence-corrected chi connectivity index (χ3v) is 2.99. The van der Waals surface area contributed by atoms with Crippen molar-refractivity contribution in [3.63, 3.8) is 0 Å². The largest absolute Gasteiger partial charge is 0.368 e. The molecular weight excluding hydrogens is 285 g/mol. The summed E-state index contributed by atoms with van der Waals surface area (Å²) in [7, 11) is 0. The summed E-state index contributed by atoms with van der Waals surface area (Å²) in [6.45, 7) is 2.22. The van der Waals surface area contributed by atoms with E-state index in [2.05, 4.69) is 20.4 Å². The minimum absolute atomic E-state index is 0.209. The minimum Gasteiger partial charge on any atom is -0.368 e. The van der Waals surface area contributed by atoms with Crippen LogP contribution in [0.2, 0.25) is 0 Å². The molecule has 0 aliphatic carbocycles. The Hall–Kier alpha value is -2.96. The van der Waals surface area contributed by atoms with Crippen LogP contribution < -0.4 is 11.1 Å². The zero-order chi connectivity index (χ0) is 15.5. The number of halogens is 1. The maximum atomic E-state index is 13.2. The van der Waals surface area contributed by atoms with Gasteiger partial charge in [0.25, 0.3) is 0 Å². The monoisotopic (exact) mass is 299 g/mol. The molecule has 2 heterocycles. The SMILES string of the molecule is Cc1cc(NCc2cc(-c3cccc(F)c3)no2)nc(N)n1. The quantitative estimate of drug-likeness (QED) is 0.770. The molecule has 2 aromatic heterocycles. The van der Waals surface area contributed by atoms with Crippen LogP contribution in [0.25, 0.3) is 11.3 Å². The van der Waals surface area contributed by atoms with Crippen LogP contribution in [-0.2, 0) is 6.54 Å². The summed E-state index contributed by atoms with van der Waals surface area (Å²) >= 11 is 0. The Kier molecular flexibility index (Phi) is 3.69. The Morgan fingerprint density at radius 2 is 2.09 bits per heavy atom. The number of aromatic nitrogens is 3. The van der Waals surface area contributed by atoms with Crippen molar-refractivity contribution in [2.45, 2.75) is 13.5 Å². The molecule has 0 spiro atoms. The lowest BCUT2D eigenvalue weighted by atomic mass is 10.1. The van der Waals surface area contributed by atoms with Crippen LogP contribution in [0.3, 0.4) is 0 Å². The molecule has 6 nitrogen and oxygen atoms in total. The van der Waals surface area contributed by atoms with Gasteiger partial charge in [-0.3, -0.25) is 0 Å². The van der Waals surface area contributed by atoms with E-state index in [1.54, 1.807) is 24.3 Å². The fourth-order valence-electron chi connectivity index (χ4n) is 2.04. The average molecular weight is 299 g/mol. The molecule has 3 aromatic rings. The van der Waals surface area contributed by atoms with Crippen LogP contribution in [0.5, 0.6) is 0 Å². The van der Waals surface area contributed by atoms with Crippen molar-refractivity contribution in [2.75, 3.05) is 11.1 Å². The van der Waals surface area contributed by atoms with Crippen LogP contribution in [0.4, 0.5) is 16.2 Å². The standard InChI is InChI=1S/C15H14FN5O/c1-9-5-14(20-15(17)19-9)18-8-12-7-13(21-22-12)10-3-2-4-11(16)6-10/h2-7H,8H2,1H3,(H3,17,18,19,20). The third kappa shape index (κ3) is 3.20. The number of hydrogen-bond donors (Lipinski definition) is 2. The molecule has 112 valence electrons. The number of hydrogen-bond acceptors (Lipinski definition) is 6. The first-order valence-electron chi connectivity index (χ1n) is 6.67. The number of rotatable bonds is 4.